The summed E-state index contributed by atoms with van der Waals surface area (Å²) in [6.07, 6.45) is 0. The Kier molecular flexibility index (Phi) is 4.34. The zero-order chi connectivity index (χ0) is 13.0. The van der Waals surface area contributed by atoms with Gasteiger partial charge in [0.2, 0.25) is 0 Å². The number of hydrogen-bond donors (Lipinski definition) is 2. The predicted molar refractivity (Wildman–Crippen MR) is 66.6 cm³/mol. The average molecular weight is 256 g/mol. The molecule has 0 heterocycles. The van der Waals surface area contributed by atoms with E-state index in [1.165, 1.54) is 4.90 Å². The van der Waals surface area contributed by atoms with Crippen LogP contribution >= 0.6 is 11.6 Å². The minimum absolute atomic E-state index is 0.0273. The van der Waals surface area contributed by atoms with E-state index in [2.05, 4.69) is 5.16 Å². The number of amides is 1. The van der Waals surface area contributed by atoms with Crippen LogP contribution in [0.4, 0.5) is 0 Å². The number of nitrogens with two attached hydrogens (primary N) is 1. The molecule has 0 radical (unpaired) electrons. The number of hydrogen-bond acceptors (Lipinski definition) is 3. The number of carbonyl (C=O) groups excluding carboxylic acids is 1. The molecule has 6 heteroatoms. The lowest BCUT2D eigenvalue weighted by molar-refractivity contribution is 0.0813. The molecule has 92 valence electrons. The summed E-state index contributed by atoms with van der Waals surface area (Å²) in [5.74, 6) is -0.253. The van der Waals surface area contributed by atoms with E-state index in [9.17, 15) is 4.79 Å². The van der Waals surface area contributed by atoms with Crippen molar-refractivity contribution in [3.05, 3.63) is 34.3 Å². The summed E-state index contributed by atoms with van der Waals surface area (Å²) in [6, 6.07) is 5.11. The van der Waals surface area contributed by atoms with Gasteiger partial charge in [-0.2, -0.15) is 0 Å². The lowest BCUT2D eigenvalue weighted by Crippen LogP contribution is -2.35. The lowest BCUT2D eigenvalue weighted by atomic mass is 10.1. The van der Waals surface area contributed by atoms with Crippen LogP contribution in [0, 0.1) is 6.92 Å². The quantitative estimate of drug-likeness (QED) is 0.372. The van der Waals surface area contributed by atoms with Crippen LogP contribution in [0.1, 0.15) is 15.9 Å². The van der Waals surface area contributed by atoms with Gasteiger partial charge in [0, 0.05) is 17.6 Å². The maximum absolute atomic E-state index is 12.0. The number of carbonyl (C=O) groups is 1. The minimum atomic E-state index is -0.225. The highest BCUT2D eigenvalue weighted by Crippen LogP contribution is 2.19. The second-order valence-corrected chi connectivity index (χ2v) is 4.07. The van der Waals surface area contributed by atoms with Crippen molar-refractivity contribution in [2.24, 2.45) is 10.9 Å². The summed E-state index contributed by atoms with van der Waals surface area (Å²) in [7, 11) is 1.57. The predicted octanol–water partition coefficient (Wildman–Crippen LogP) is 1.47. The Morgan fingerprint density at radius 2 is 2.24 bits per heavy atom. The van der Waals surface area contributed by atoms with Gasteiger partial charge in [-0.15, -0.1) is 0 Å². The van der Waals surface area contributed by atoms with Crippen LogP contribution in [0.15, 0.2) is 23.4 Å². The Balaban J connectivity index is 2.93. The number of oxime groups is 1. The Hall–Kier alpha value is -1.75. The van der Waals surface area contributed by atoms with Crippen molar-refractivity contribution in [3.8, 4) is 0 Å². The van der Waals surface area contributed by atoms with E-state index in [4.69, 9.17) is 22.5 Å². The van der Waals surface area contributed by atoms with Gasteiger partial charge in [-0.05, 0) is 24.6 Å². The maximum atomic E-state index is 12.0. The first-order valence-corrected chi connectivity index (χ1v) is 5.32. The molecule has 0 aliphatic heterocycles. The molecule has 1 rings (SSSR count). The van der Waals surface area contributed by atoms with E-state index in [1.54, 1.807) is 32.2 Å². The number of rotatable bonds is 3. The number of amidine groups is 1. The molecular formula is C11H14ClN3O2. The van der Waals surface area contributed by atoms with E-state index >= 15 is 0 Å². The van der Waals surface area contributed by atoms with Crippen LogP contribution in [-0.2, 0) is 0 Å². The van der Waals surface area contributed by atoms with Crippen molar-refractivity contribution in [2.45, 2.75) is 6.92 Å². The van der Waals surface area contributed by atoms with E-state index < -0.39 is 0 Å². The molecule has 0 aromatic heterocycles. The van der Waals surface area contributed by atoms with Gasteiger partial charge in [0.1, 0.15) is 0 Å². The van der Waals surface area contributed by atoms with Crippen LogP contribution in [-0.4, -0.2) is 35.4 Å². The van der Waals surface area contributed by atoms with Crippen LogP contribution in [0.2, 0.25) is 5.02 Å². The zero-order valence-corrected chi connectivity index (χ0v) is 10.4. The molecule has 3 N–H and O–H groups in total. The molecule has 0 atom stereocenters. The monoisotopic (exact) mass is 255 g/mol. The molecule has 1 aromatic rings. The molecular weight excluding hydrogens is 242 g/mol. The number of benzene rings is 1. The summed E-state index contributed by atoms with van der Waals surface area (Å²) < 4.78 is 0. The number of nitrogens with zero attached hydrogens (tertiary/aromatic N) is 2. The lowest BCUT2D eigenvalue weighted by Gasteiger charge is -2.17. The van der Waals surface area contributed by atoms with E-state index in [1.807, 2.05) is 0 Å². The summed E-state index contributed by atoms with van der Waals surface area (Å²) in [5, 5.41) is 11.8. The van der Waals surface area contributed by atoms with Gasteiger partial charge < -0.3 is 15.8 Å². The molecule has 0 bridgehead atoms. The fourth-order valence-corrected chi connectivity index (χ4v) is 1.57. The van der Waals surface area contributed by atoms with Crippen LogP contribution in [0.25, 0.3) is 0 Å². The Labute approximate surface area is 104 Å². The highest BCUT2D eigenvalue weighted by Gasteiger charge is 2.16. The first-order chi connectivity index (χ1) is 7.97. The molecule has 0 saturated heterocycles. The fraction of sp³-hybridized carbons (Fsp3) is 0.273. The van der Waals surface area contributed by atoms with E-state index in [0.29, 0.717) is 16.1 Å². The zero-order valence-electron chi connectivity index (χ0n) is 9.64. The highest BCUT2D eigenvalue weighted by atomic mass is 35.5. The highest BCUT2D eigenvalue weighted by molar-refractivity contribution is 6.31. The van der Waals surface area contributed by atoms with Gasteiger partial charge in [0.15, 0.2) is 5.84 Å². The van der Waals surface area contributed by atoms with Gasteiger partial charge >= 0.3 is 0 Å². The van der Waals surface area contributed by atoms with Crippen molar-refractivity contribution >= 4 is 23.3 Å². The molecule has 0 unspecified atom stereocenters. The number of likely N-dealkylation sites (N-methyl/N-ethyl adjacent to an activating group) is 1. The fourth-order valence-electron chi connectivity index (χ4n) is 1.39. The van der Waals surface area contributed by atoms with E-state index in [0.717, 1.165) is 0 Å². The third-order valence-corrected chi connectivity index (χ3v) is 2.78. The van der Waals surface area contributed by atoms with Crippen LogP contribution < -0.4 is 5.73 Å². The molecule has 0 aliphatic carbocycles. The molecule has 1 amide bonds. The van der Waals surface area contributed by atoms with Crippen molar-refractivity contribution in [1.29, 1.82) is 0 Å². The summed E-state index contributed by atoms with van der Waals surface area (Å²) >= 11 is 5.94. The van der Waals surface area contributed by atoms with Crippen molar-refractivity contribution in [1.82, 2.24) is 4.90 Å². The molecule has 17 heavy (non-hydrogen) atoms. The minimum Gasteiger partial charge on any atom is -0.409 e. The van der Waals surface area contributed by atoms with Gasteiger partial charge in [0.25, 0.3) is 5.91 Å². The Morgan fingerprint density at radius 3 is 2.82 bits per heavy atom. The molecule has 5 nitrogen and oxygen atoms in total. The largest absolute Gasteiger partial charge is 0.409 e. The molecule has 0 aliphatic rings. The smallest absolute Gasteiger partial charge is 0.254 e. The maximum Gasteiger partial charge on any atom is 0.254 e. The Morgan fingerprint density at radius 1 is 1.59 bits per heavy atom. The summed E-state index contributed by atoms with van der Waals surface area (Å²) in [5.41, 5.74) is 6.56. The first kappa shape index (κ1) is 13.3. The molecule has 1 aromatic carbocycles. The second kappa shape index (κ2) is 5.54. The second-order valence-electron chi connectivity index (χ2n) is 3.66. The SMILES string of the molecule is Cc1c(Cl)cccc1C(=O)N(C)C/C(N)=N/O. The molecule has 0 fully saturated rings. The third kappa shape index (κ3) is 3.10. The standard InChI is InChI=1S/C11H14ClN3O2/c1-7-8(4-3-5-9(7)12)11(16)15(2)6-10(13)14-17/h3-5,17H,6H2,1-2H3,(H2,13,14). The topological polar surface area (TPSA) is 78.9 Å². The summed E-state index contributed by atoms with van der Waals surface area (Å²) in [6.45, 7) is 1.83. The average Bonchev–Trinajstić information content (AvgIpc) is 2.31. The van der Waals surface area contributed by atoms with Gasteiger partial charge in [0.05, 0.1) is 6.54 Å². The first-order valence-electron chi connectivity index (χ1n) is 4.94. The van der Waals surface area contributed by atoms with Gasteiger partial charge in [-0.25, -0.2) is 0 Å². The molecule has 0 spiro atoms. The third-order valence-electron chi connectivity index (χ3n) is 2.37. The van der Waals surface area contributed by atoms with Gasteiger partial charge in [-0.3, -0.25) is 4.79 Å². The van der Waals surface area contributed by atoms with Crippen LogP contribution in [0.3, 0.4) is 0 Å². The normalized spacial score (nSPS) is 11.4. The number of halogens is 1. The van der Waals surface area contributed by atoms with Gasteiger partial charge in [-0.1, -0.05) is 22.8 Å². The summed E-state index contributed by atoms with van der Waals surface area (Å²) in [4.78, 5) is 13.4. The molecule has 0 saturated carbocycles. The van der Waals surface area contributed by atoms with Crippen molar-refractivity contribution in [2.75, 3.05) is 13.6 Å². The van der Waals surface area contributed by atoms with Crippen molar-refractivity contribution in [3.63, 3.8) is 0 Å². The van der Waals surface area contributed by atoms with Crippen LogP contribution in [0.5, 0.6) is 0 Å². The van der Waals surface area contributed by atoms with E-state index in [-0.39, 0.29) is 18.3 Å². The Bertz CT molecular complexity index is 460. The van der Waals surface area contributed by atoms with Crippen molar-refractivity contribution < 1.29 is 10.0 Å².